The van der Waals surface area contributed by atoms with Crippen LogP contribution in [0.2, 0.25) is 0 Å². The van der Waals surface area contributed by atoms with Crippen LogP contribution in [0.5, 0.6) is 0 Å². The molecule has 13 heteroatoms. The molecule has 39 heavy (non-hydrogen) atoms. The lowest BCUT2D eigenvalue weighted by Gasteiger charge is -2.12. The zero-order chi connectivity index (χ0) is 28.1. The zero-order valence-corrected chi connectivity index (χ0v) is 22.7. The number of aromatic nitrogens is 6. The van der Waals surface area contributed by atoms with Gasteiger partial charge in [-0.15, -0.1) is 0 Å². The van der Waals surface area contributed by atoms with E-state index in [0.717, 1.165) is 21.1 Å². The summed E-state index contributed by atoms with van der Waals surface area (Å²) in [7, 11) is -0.756. The molecule has 200 valence electrons. The number of benzene rings is 2. The minimum Gasteiger partial charge on any atom is -0.306 e. The predicted molar refractivity (Wildman–Crippen MR) is 146 cm³/mol. The van der Waals surface area contributed by atoms with Crippen molar-refractivity contribution in [3.05, 3.63) is 87.5 Å². The molecule has 5 aromatic rings. The van der Waals surface area contributed by atoms with Crippen LogP contribution < -0.4 is 10.9 Å². The Hall–Kier alpha value is -4.62. The van der Waals surface area contributed by atoms with E-state index < -0.39 is 21.5 Å². The first-order valence-corrected chi connectivity index (χ1v) is 13.4. The average Bonchev–Trinajstić information content (AvgIpc) is 3.49. The van der Waals surface area contributed by atoms with Crippen LogP contribution in [0.4, 0.5) is 5.82 Å². The summed E-state index contributed by atoms with van der Waals surface area (Å²) < 4.78 is 28.7. The molecule has 0 radical (unpaired) electrons. The lowest BCUT2D eigenvalue weighted by molar-refractivity contribution is 0.102. The fourth-order valence-electron chi connectivity index (χ4n) is 3.98. The molecule has 2 N–H and O–H groups in total. The average molecular weight is 547 g/mol. The molecule has 0 spiro atoms. The van der Waals surface area contributed by atoms with E-state index in [2.05, 4.69) is 25.5 Å². The molecule has 5 rings (SSSR count). The van der Waals surface area contributed by atoms with Crippen molar-refractivity contribution in [2.24, 2.45) is 0 Å². The maximum Gasteiger partial charge on any atom is 0.263 e. The normalized spacial score (nSPS) is 11.8. The smallest absolute Gasteiger partial charge is 0.263 e. The molecule has 0 bridgehead atoms. The Morgan fingerprint density at radius 1 is 0.974 bits per heavy atom. The van der Waals surface area contributed by atoms with Crippen LogP contribution in [0.3, 0.4) is 0 Å². The van der Waals surface area contributed by atoms with Gasteiger partial charge in [-0.3, -0.25) is 14.6 Å². The molecule has 3 heterocycles. The highest BCUT2D eigenvalue weighted by Crippen LogP contribution is 2.21. The standard InChI is InChI=1S/C26H26N8O4S/c1-15-6-9-19(12-16(15)2)33-23-21(14-27-33)25(36)30-26(29-23)34-22(13-17(3)31-34)28-24(35)18-7-10-20(11-8-18)39(37,38)32(4)5/h6-14H,1-5H3,(H,28,35)(H,29,30,36). The van der Waals surface area contributed by atoms with Crippen molar-refractivity contribution in [3.63, 3.8) is 0 Å². The lowest BCUT2D eigenvalue weighted by atomic mass is 10.1. The number of fused-ring (bicyclic) bond motifs is 1. The number of anilines is 1. The van der Waals surface area contributed by atoms with E-state index in [4.69, 9.17) is 0 Å². The third-order valence-electron chi connectivity index (χ3n) is 6.33. The SMILES string of the molecule is Cc1cc(NC(=O)c2ccc(S(=O)(=O)N(C)C)cc2)n(-c2nc3c(cnn3-c3ccc(C)c(C)c3)c(=O)[nH]2)n1. The maximum atomic E-state index is 13.0. The predicted octanol–water partition coefficient (Wildman–Crippen LogP) is 2.72. The topological polar surface area (TPSA) is 148 Å². The number of carbonyl (C=O) groups is 1. The molecule has 0 fully saturated rings. The molecule has 0 aliphatic carbocycles. The van der Waals surface area contributed by atoms with Crippen molar-refractivity contribution in [1.29, 1.82) is 0 Å². The Morgan fingerprint density at radius 3 is 2.36 bits per heavy atom. The van der Waals surface area contributed by atoms with Gasteiger partial charge in [0.2, 0.25) is 16.0 Å². The number of nitrogens with zero attached hydrogens (tertiary/aromatic N) is 6. The third kappa shape index (κ3) is 4.73. The highest BCUT2D eigenvalue weighted by Gasteiger charge is 2.20. The molecule has 2 aromatic carbocycles. The number of aryl methyl sites for hydroxylation is 3. The number of rotatable bonds is 6. The number of H-pyrrole nitrogens is 1. The summed E-state index contributed by atoms with van der Waals surface area (Å²) in [4.78, 5) is 33.4. The Bertz CT molecular complexity index is 1900. The van der Waals surface area contributed by atoms with Crippen molar-refractivity contribution in [1.82, 2.24) is 33.8 Å². The Labute approximate surface area is 224 Å². The fraction of sp³-hybridized carbons (Fsp3) is 0.192. The number of hydrogen-bond donors (Lipinski definition) is 2. The van der Waals surface area contributed by atoms with Gasteiger partial charge in [-0.05, 0) is 68.3 Å². The van der Waals surface area contributed by atoms with Crippen LogP contribution >= 0.6 is 0 Å². The molecule has 0 aliphatic rings. The Morgan fingerprint density at radius 2 is 1.69 bits per heavy atom. The van der Waals surface area contributed by atoms with Crippen LogP contribution in [-0.4, -0.2) is 62.3 Å². The summed E-state index contributed by atoms with van der Waals surface area (Å²) in [6.45, 7) is 5.74. The highest BCUT2D eigenvalue weighted by atomic mass is 32.2. The second kappa shape index (κ2) is 9.60. The number of sulfonamides is 1. The second-order valence-electron chi connectivity index (χ2n) is 9.30. The molecule has 0 atom stereocenters. The number of carbonyl (C=O) groups excluding carboxylic acids is 1. The summed E-state index contributed by atoms with van der Waals surface area (Å²) in [6, 6.07) is 13.1. The molecule has 12 nitrogen and oxygen atoms in total. The van der Waals surface area contributed by atoms with Crippen molar-refractivity contribution in [2.75, 3.05) is 19.4 Å². The molecule has 0 saturated heterocycles. The Kier molecular flexibility index (Phi) is 6.40. The van der Waals surface area contributed by atoms with Gasteiger partial charge in [-0.1, -0.05) is 6.07 Å². The van der Waals surface area contributed by atoms with Crippen molar-refractivity contribution >= 4 is 32.8 Å². The van der Waals surface area contributed by atoms with Gasteiger partial charge in [-0.2, -0.15) is 19.9 Å². The van der Waals surface area contributed by atoms with Gasteiger partial charge in [0.25, 0.3) is 11.5 Å². The van der Waals surface area contributed by atoms with Crippen molar-refractivity contribution in [2.45, 2.75) is 25.7 Å². The van der Waals surface area contributed by atoms with Gasteiger partial charge < -0.3 is 5.32 Å². The molecule has 1 amide bonds. The summed E-state index contributed by atoms with van der Waals surface area (Å²) in [5.41, 5.74) is 3.69. The Balaban J connectivity index is 1.51. The molecule has 0 unspecified atom stereocenters. The first kappa shape index (κ1) is 26.0. The molecule has 0 aliphatic heterocycles. The second-order valence-corrected chi connectivity index (χ2v) is 11.5. The van der Waals surface area contributed by atoms with Gasteiger partial charge in [0.05, 0.1) is 22.5 Å². The van der Waals surface area contributed by atoms with Crippen LogP contribution in [-0.2, 0) is 10.0 Å². The first-order valence-electron chi connectivity index (χ1n) is 11.9. The lowest BCUT2D eigenvalue weighted by Crippen LogP contribution is -2.22. The van der Waals surface area contributed by atoms with Crippen molar-refractivity contribution < 1.29 is 13.2 Å². The van der Waals surface area contributed by atoms with E-state index in [1.165, 1.54) is 49.2 Å². The minimum atomic E-state index is -3.62. The fourth-order valence-corrected chi connectivity index (χ4v) is 4.88. The van der Waals surface area contributed by atoms with Crippen LogP contribution in [0, 0.1) is 20.8 Å². The first-order chi connectivity index (χ1) is 18.5. The largest absolute Gasteiger partial charge is 0.306 e. The maximum absolute atomic E-state index is 13.0. The van der Waals surface area contributed by atoms with Crippen LogP contribution in [0.15, 0.2) is 64.4 Å². The van der Waals surface area contributed by atoms with E-state index >= 15 is 0 Å². The van der Waals surface area contributed by atoms with Gasteiger partial charge in [-0.25, -0.2) is 17.4 Å². The quantitative estimate of drug-likeness (QED) is 0.333. The molecular weight excluding hydrogens is 520 g/mol. The van der Waals surface area contributed by atoms with Crippen molar-refractivity contribution in [3.8, 4) is 11.6 Å². The zero-order valence-electron chi connectivity index (χ0n) is 21.9. The number of amides is 1. The van der Waals surface area contributed by atoms with E-state index in [-0.39, 0.29) is 22.2 Å². The molecule has 3 aromatic heterocycles. The third-order valence-corrected chi connectivity index (χ3v) is 8.16. The molecule has 0 saturated carbocycles. The van der Waals surface area contributed by atoms with Gasteiger partial charge in [0, 0.05) is 25.7 Å². The summed E-state index contributed by atoms with van der Waals surface area (Å²) in [6.07, 6.45) is 1.46. The summed E-state index contributed by atoms with van der Waals surface area (Å²) in [5.74, 6) is -0.135. The van der Waals surface area contributed by atoms with E-state index in [1.807, 2.05) is 32.0 Å². The highest BCUT2D eigenvalue weighted by molar-refractivity contribution is 7.89. The van der Waals surface area contributed by atoms with Gasteiger partial charge >= 0.3 is 0 Å². The van der Waals surface area contributed by atoms with Gasteiger partial charge in [0.1, 0.15) is 11.2 Å². The summed E-state index contributed by atoms with van der Waals surface area (Å²) in [5, 5.41) is 11.9. The number of aromatic amines is 1. The monoisotopic (exact) mass is 546 g/mol. The number of hydrogen-bond acceptors (Lipinski definition) is 7. The number of nitrogens with one attached hydrogen (secondary N) is 2. The van der Waals surface area contributed by atoms with E-state index in [9.17, 15) is 18.0 Å². The minimum absolute atomic E-state index is 0.0698. The van der Waals surface area contributed by atoms with E-state index in [0.29, 0.717) is 16.7 Å². The van der Waals surface area contributed by atoms with Gasteiger partial charge in [0.15, 0.2) is 5.65 Å². The summed E-state index contributed by atoms with van der Waals surface area (Å²) >= 11 is 0. The molecular formula is C26H26N8O4S. The van der Waals surface area contributed by atoms with Crippen LogP contribution in [0.25, 0.3) is 22.7 Å². The van der Waals surface area contributed by atoms with Crippen LogP contribution in [0.1, 0.15) is 27.2 Å². The van der Waals surface area contributed by atoms with E-state index in [1.54, 1.807) is 17.7 Å².